The minimum Gasteiger partial charge on any atom is -0.345 e. The largest absolute Gasteiger partial charge is 0.345 e. The maximum absolute atomic E-state index is 4.13. The molecule has 2 heteroatoms. The summed E-state index contributed by atoms with van der Waals surface area (Å²) in [6, 6.07) is 8.60. The molecule has 0 spiro atoms. The average Bonchev–Trinajstić information content (AvgIpc) is 2.88. The van der Waals surface area contributed by atoms with Crippen LogP contribution in [-0.4, -0.2) is 9.97 Å². The topological polar surface area (TPSA) is 28.7 Å². The Labute approximate surface area is 113 Å². The minimum absolute atomic E-state index is 0.480. The molecule has 0 bridgehead atoms. The predicted octanol–water partition coefficient (Wildman–Crippen LogP) is 4.46. The molecule has 1 aliphatic carbocycles. The average molecular weight is 250 g/mol. The van der Waals surface area contributed by atoms with Crippen LogP contribution in [0.5, 0.6) is 0 Å². The molecular formula is C17H18N2. The van der Waals surface area contributed by atoms with Gasteiger partial charge in [-0.1, -0.05) is 48.1 Å². The van der Waals surface area contributed by atoms with Crippen LogP contribution < -0.4 is 0 Å². The third-order valence-electron chi connectivity index (χ3n) is 3.68. The van der Waals surface area contributed by atoms with Crippen LogP contribution in [0.15, 0.2) is 60.6 Å². The van der Waals surface area contributed by atoms with Crippen LogP contribution in [0.2, 0.25) is 0 Å². The van der Waals surface area contributed by atoms with E-state index in [1.54, 1.807) is 6.33 Å². The molecule has 96 valence electrons. The summed E-state index contributed by atoms with van der Waals surface area (Å²) in [6.07, 6.45) is 12.8. The monoisotopic (exact) mass is 250 g/mol. The van der Waals surface area contributed by atoms with Crippen molar-refractivity contribution in [2.45, 2.75) is 25.7 Å². The summed E-state index contributed by atoms with van der Waals surface area (Å²) in [5.41, 5.74) is 5.10. The van der Waals surface area contributed by atoms with Crippen molar-refractivity contribution in [2.24, 2.45) is 0 Å². The number of benzene rings is 1. The first-order chi connectivity index (χ1) is 9.34. The number of hydrogen-bond acceptors (Lipinski definition) is 1. The van der Waals surface area contributed by atoms with Gasteiger partial charge in [-0.15, -0.1) is 0 Å². The zero-order valence-corrected chi connectivity index (χ0v) is 11.1. The Kier molecular flexibility index (Phi) is 3.32. The van der Waals surface area contributed by atoms with Crippen LogP contribution >= 0.6 is 0 Å². The van der Waals surface area contributed by atoms with Gasteiger partial charge < -0.3 is 4.98 Å². The van der Waals surface area contributed by atoms with E-state index in [-0.39, 0.29) is 0 Å². The van der Waals surface area contributed by atoms with E-state index in [2.05, 4.69) is 59.4 Å². The molecule has 0 fully saturated rings. The van der Waals surface area contributed by atoms with Crippen molar-refractivity contribution in [1.82, 2.24) is 9.97 Å². The highest BCUT2D eigenvalue weighted by Crippen LogP contribution is 2.33. The van der Waals surface area contributed by atoms with Crippen LogP contribution in [0.25, 0.3) is 11.3 Å². The van der Waals surface area contributed by atoms with E-state index in [1.807, 2.05) is 6.20 Å². The van der Waals surface area contributed by atoms with Crippen molar-refractivity contribution in [3.05, 3.63) is 66.2 Å². The molecule has 0 amide bonds. The van der Waals surface area contributed by atoms with Gasteiger partial charge in [-0.05, 0) is 25.3 Å². The second kappa shape index (κ2) is 5.27. The summed E-state index contributed by atoms with van der Waals surface area (Å²) in [5, 5.41) is 0. The smallest absolute Gasteiger partial charge is 0.0924 e. The number of aromatic amines is 1. The predicted molar refractivity (Wildman–Crippen MR) is 78.9 cm³/mol. The van der Waals surface area contributed by atoms with Crippen molar-refractivity contribution in [1.29, 1.82) is 0 Å². The van der Waals surface area contributed by atoms with Gasteiger partial charge in [-0.25, -0.2) is 4.98 Å². The fraction of sp³-hybridized carbons (Fsp3) is 0.235. The highest BCUT2D eigenvalue weighted by molar-refractivity contribution is 5.64. The lowest BCUT2D eigenvalue weighted by atomic mass is 9.90. The van der Waals surface area contributed by atoms with Crippen molar-refractivity contribution in [3.63, 3.8) is 0 Å². The van der Waals surface area contributed by atoms with Gasteiger partial charge in [-0.3, -0.25) is 0 Å². The number of imidazole rings is 1. The Hall–Kier alpha value is -2.09. The van der Waals surface area contributed by atoms with E-state index in [0.717, 1.165) is 12.1 Å². The number of rotatable bonds is 2. The van der Waals surface area contributed by atoms with Crippen molar-refractivity contribution < 1.29 is 0 Å². The number of nitrogens with one attached hydrogen (secondary N) is 1. The molecule has 1 heterocycles. The van der Waals surface area contributed by atoms with Crippen LogP contribution in [0, 0.1) is 0 Å². The number of hydrogen-bond donors (Lipinski definition) is 1. The lowest BCUT2D eigenvalue weighted by Crippen LogP contribution is -1.97. The number of H-pyrrole nitrogens is 1. The molecule has 2 nitrogen and oxygen atoms in total. The fourth-order valence-electron chi connectivity index (χ4n) is 2.65. The maximum atomic E-state index is 4.13. The van der Waals surface area contributed by atoms with Gasteiger partial charge in [0.15, 0.2) is 0 Å². The van der Waals surface area contributed by atoms with Gasteiger partial charge in [0.2, 0.25) is 0 Å². The molecule has 1 aliphatic rings. The maximum Gasteiger partial charge on any atom is 0.0924 e. The summed E-state index contributed by atoms with van der Waals surface area (Å²) >= 11 is 0. The van der Waals surface area contributed by atoms with Gasteiger partial charge in [0.1, 0.15) is 0 Å². The molecular weight excluding hydrogens is 232 g/mol. The summed E-state index contributed by atoms with van der Waals surface area (Å²) in [6.45, 7) is 2.17. The Morgan fingerprint density at radius 1 is 1.26 bits per heavy atom. The summed E-state index contributed by atoms with van der Waals surface area (Å²) in [4.78, 5) is 7.34. The molecule has 0 saturated heterocycles. The molecule has 1 N–H and O–H groups in total. The molecule has 3 rings (SSSR count). The van der Waals surface area contributed by atoms with E-state index in [4.69, 9.17) is 0 Å². The first kappa shape index (κ1) is 12.0. The highest BCUT2D eigenvalue weighted by Gasteiger charge is 2.14. The van der Waals surface area contributed by atoms with Crippen molar-refractivity contribution >= 4 is 0 Å². The lowest BCUT2D eigenvalue weighted by Gasteiger charge is -2.15. The van der Waals surface area contributed by atoms with Crippen LogP contribution in [0.4, 0.5) is 0 Å². The van der Waals surface area contributed by atoms with E-state index < -0.39 is 0 Å². The quantitative estimate of drug-likeness (QED) is 0.837. The van der Waals surface area contributed by atoms with Crippen molar-refractivity contribution in [3.8, 4) is 11.3 Å². The van der Waals surface area contributed by atoms with Gasteiger partial charge in [0.05, 0.1) is 18.2 Å². The third kappa shape index (κ3) is 2.53. The van der Waals surface area contributed by atoms with Gasteiger partial charge in [0.25, 0.3) is 0 Å². The van der Waals surface area contributed by atoms with E-state index in [0.29, 0.717) is 5.92 Å². The normalized spacial score (nSPS) is 19.0. The lowest BCUT2D eigenvalue weighted by molar-refractivity contribution is 0.757. The van der Waals surface area contributed by atoms with Gasteiger partial charge in [0, 0.05) is 11.5 Å². The zero-order chi connectivity index (χ0) is 13.1. The van der Waals surface area contributed by atoms with E-state index in [9.17, 15) is 0 Å². The fourth-order valence-corrected chi connectivity index (χ4v) is 2.65. The second-order valence-corrected chi connectivity index (χ2v) is 5.04. The zero-order valence-electron chi connectivity index (χ0n) is 11.1. The Morgan fingerprint density at radius 3 is 3.00 bits per heavy atom. The summed E-state index contributed by atoms with van der Waals surface area (Å²) in [7, 11) is 0. The minimum atomic E-state index is 0.480. The van der Waals surface area contributed by atoms with Crippen LogP contribution in [0.3, 0.4) is 0 Å². The number of nitrogens with zero attached hydrogens (tertiary/aromatic N) is 1. The number of aromatic nitrogens is 2. The highest BCUT2D eigenvalue weighted by atomic mass is 14.9. The molecule has 19 heavy (non-hydrogen) atoms. The standard InChI is InChI=1S/C17H18N2/c1-13-5-4-6-14(10-9-13)15-7-2-3-8-16(15)17-11-18-12-19-17/h2-3,5,7-12,14H,4,6H2,1H3,(H,18,19). The van der Waals surface area contributed by atoms with Gasteiger partial charge >= 0.3 is 0 Å². The van der Waals surface area contributed by atoms with Crippen LogP contribution in [0.1, 0.15) is 31.2 Å². The third-order valence-corrected chi connectivity index (χ3v) is 3.68. The molecule has 1 aromatic heterocycles. The van der Waals surface area contributed by atoms with E-state index in [1.165, 1.54) is 23.1 Å². The molecule has 1 aromatic carbocycles. The first-order valence-corrected chi connectivity index (χ1v) is 6.77. The summed E-state index contributed by atoms with van der Waals surface area (Å²) < 4.78 is 0. The molecule has 0 saturated carbocycles. The Morgan fingerprint density at radius 2 is 2.16 bits per heavy atom. The Balaban J connectivity index is 2.00. The van der Waals surface area contributed by atoms with Gasteiger partial charge in [-0.2, -0.15) is 0 Å². The Bertz CT molecular complexity index is 606. The summed E-state index contributed by atoms with van der Waals surface area (Å²) in [5.74, 6) is 0.480. The molecule has 2 aromatic rings. The molecule has 1 atom stereocenters. The van der Waals surface area contributed by atoms with Crippen molar-refractivity contribution in [2.75, 3.05) is 0 Å². The second-order valence-electron chi connectivity index (χ2n) is 5.04. The number of allylic oxidation sites excluding steroid dienone is 4. The SMILES string of the molecule is CC1=CCCC(c2ccccc2-c2cnc[nH]2)C=C1. The molecule has 0 radical (unpaired) electrons. The molecule has 1 unspecified atom stereocenters. The van der Waals surface area contributed by atoms with Crippen LogP contribution in [-0.2, 0) is 0 Å². The first-order valence-electron chi connectivity index (χ1n) is 6.77. The van der Waals surface area contributed by atoms with E-state index >= 15 is 0 Å². The molecule has 0 aliphatic heterocycles.